The molecule has 0 amide bonds. The first-order valence-corrected chi connectivity index (χ1v) is 18.0. The van der Waals surface area contributed by atoms with E-state index in [0.29, 0.717) is 0 Å². The molecule has 0 heterocycles. The van der Waals surface area contributed by atoms with Crippen molar-refractivity contribution in [2.24, 2.45) is 0 Å². The molecule has 0 saturated heterocycles. The second kappa shape index (κ2) is 26.9. The number of unbranched alkanes of at least 4 members (excludes halogenated alkanes) is 4. The predicted octanol–water partition coefficient (Wildman–Crippen LogP) is 14.5. The van der Waals surface area contributed by atoms with Crippen LogP contribution in [-0.2, 0) is 65.4 Å². The molecule has 0 aliphatic heterocycles. The van der Waals surface area contributed by atoms with Crippen LogP contribution in [-0.4, -0.2) is 0 Å². The Bertz CT molecular complexity index is 492. The van der Waals surface area contributed by atoms with Crippen molar-refractivity contribution >= 4 is 0 Å². The molecule has 4 rings (SSSR count). The second-order valence-electron chi connectivity index (χ2n) is 14.3. The van der Waals surface area contributed by atoms with Gasteiger partial charge in [-0.2, -0.15) is 12.8 Å². The van der Waals surface area contributed by atoms with Crippen molar-refractivity contribution in [3.8, 4) is 0 Å². The van der Waals surface area contributed by atoms with Gasteiger partial charge in [-0.25, -0.2) is 0 Å². The van der Waals surface area contributed by atoms with E-state index in [1.165, 1.54) is 138 Å². The largest absolute Gasteiger partial charge is 0.343 e. The zero-order valence-corrected chi connectivity index (χ0v) is 41.8. The van der Waals surface area contributed by atoms with Crippen LogP contribution in [0.4, 0.5) is 0 Å². The number of rotatable bonds is 4. The molecular weight excluding hydrogens is 742 g/mol. The molecule has 0 aromatic carbocycles. The monoisotopic (exact) mass is 816 g/mol. The zero-order valence-electron chi connectivity index (χ0n) is 36.1. The minimum absolute atomic E-state index is 0. The van der Waals surface area contributed by atoms with Gasteiger partial charge >= 0.3 is 0 Å². The van der Waals surface area contributed by atoms with E-state index in [9.17, 15) is 0 Å². The van der Waals surface area contributed by atoms with Crippen LogP contribution in [0.5, 0.6) is 0 Å². The van der Waals surface area contributed by atoms with Crippen LogP contribution in [0, 0.1) is 132 Å². The fourth-order valence-electron chi connectivity index (χ4n) is 6.16. The molecule has 4 saturated carbocycles. The third kappa shape index (κ3) is 15.7. The number of hydrogen-bond donors (Lipinski definition) is 0. The van der Waals surface area contributed by atoms with Gasteiger partial charge in [0.25, 0.3) is 0 Å². The van der Waals surface area contributed by atoms with E-state index in [-0.39, 0.29) is 65.4 Å². The van der Waals surface area contributed by atoms with Crippen molar-refractivity contribution in [2.45, 2.75) is 171 Å². The molecule has 49 heavy (non-hydrogen) atoms. The maximum absolute atomic E-state index is 3.74. The van der Waals surface area contributed by atoms with E-state index in [1.807, 2.05) is 0 Å². The summed E-state index contributed by atoms with van der Waals surface area (Å²) < 4.78 is 0. The van der Waals surface area contributed by atoms with Gasteiger partial charge in [-0.15, -0.1) is 0 Å². The molecule has 0 aromatic heterocycles. The summed E-state index contributed by atoms with van der Waals surface area (Å²) in [5, 5.41) is 0. The first-order valence-electron chi connectivity index (χ1n) is 18.0. The third-order valence-electron chi connectivity index (χ3n) is 12.2. The Balaban J connectivity index is -0.000000538. The van der Waals surface area contributed by atoms with Gasteiger partial charge < -0.3 is 13.8 Å². The van der Waals surface area contributed by atoms with Crippen molar-refractivity contribution in [2.75, 3.05) is 0 Å². The molecule has 0 unspecified atom stereocenters. The van der Waals surface area contributed by atoms with Gasteiger partial charge in [0.05, 0.1) is 0 Å². The van der Waals surface area contributed by atoms with E-state index in [4.69, 9.17) is 0 Å². The quantitative estimate of drug-likeness (QED) is 0.196. The van der Waals surface area contributed by atoms with E-state index in [0.717, 1.165) is 12.8 Å². The molecule has 22 radical (unpaired) electrons. The average Bonchev–Trinajstić information content (AvgIpc) is 3.50. The summed E-state index contributed by atoms with van der Waals surface area (Å²) in [5.41, 5.74) is 0. The fraction of sp³-hybridized carbons (Fsp3) is 0.532. The minimum Gasteiger partial charge on any atom is -0.343 e. The smallest absolute Gasteiger partial charge is 0 e. The van der Waals surface area contributed by atoms with Crippen LogP contribution < -0.4 is 0 Å². The molecule has 4 aliphatic rings. The van der Waals surface area contributed by atoms with Crippen molar-refractivity contribution in [1.82, 2.24) is 0 Å². The molecule has 2 heteroatoms. The SMILES string of the molecule is C[C]1[C](C)[C](C)[C](C)[C]1C.C[C]1[C](C)[C](C)[C](C)[C]1C.C[C]1[C](C)[C](C)[C](C)[C]1C.C[C]1[C](C)[C](C)[C](C)[C]1C.[CH2-]CCCCC[CH2-].[Y].[Y]. The first kappa shape index (κ1) is 55.5. The van der Waals surface area contributed by atoms with Crippen molar-refractivity contribution < 1.29 is 65.4 Å². The van der Waals surface area contributed by atoms with E-state index < -0.39 is 0 Å². The molecule has 0 bridgehead atoms. The molecule has 0 spiro atoms. The van der Waals surface area contributed by atoms with Gasteiger partial charge in [-0.05, 0) is 118 Å². The molecule has 0 N–H and O–H groups in total. The van der Waals surface area contributed by atoms with Crippen molar-refractivity contribution in [1.29, 1.82) is 0 Å². The van der Waals surface area contributed by atoms with Crippen LogP contribution in [0.2, 0.25) is 0 Å². The van der Waals surface area contributed by atoms with Crippen LogP contribution >= 0.6 is 0 Å². The maximum atomic E-state index is 3.74. The Morgan fingerprint density at radius 1 is 0.204 bits per heavy atom. The van der Waals surface area contributed by atoms with E-state index in [2.05, 4.69) is 152 Å². The van der Waals surface area contributed by atoms with Gasteiger partial charge in [0.2, 0.25) is 0 Å². The molecule has 0 atom stereocenters. The Morgan fingerprint density at radius 3 is 0.347 bits per heavy atom. The standard InChI is InChI=1S/4C10H15.C7H14.2Y/c4*1-6-7(2)9(4)10(5)8(6)3;1-3-5-7-6-4-2;;/h4*1-5H3;1-7H2;;/q;;;;-2;;. The molecule has 0 aromatic rings. The maximum Gasteiger partial charge on any atom is 0 e. The average molecular weight is 817 g/mol. The normalized spacial score (nSPS) is 24.6. The van der Waals surface area contributed by atoms with Crippen LogP contribution in [0.15, 0.2) is 0 Å². The molecule has 4 fully saturated rings. The molecule has 4 aliphatic carbocycles. The summed E-state index contributed by atoms with van der Waals surface area (Å²) in [6.45, 7) is 51.5. The topological polar surface area (TPSA) is 0 Å². The van der Waals surface area contributed by atoms with Gasteiger partial charge in [0.15, 0.2) is 0 Å². The Morgan fingerprint density at radius 2 is 0.286 bits per heavy atom. The van der Waals surface area contributed by atoms with Crippen LogP contribution in [0.1, 0.15) is 171 Å². The van der Waals surface area contributed by atoms with Gasteiger partial charge in [0, 0.05) is 65.4 Å². The van der Waals surface area contributed by atoms with Crippen molar-refractivity contribution in [3.05, 3.63) is 132 Å². The predicted molar refractivity (Wildman–Crippen MR) is 212 cm³/mol. The molecule has 270 valence electrons. The Hall–Kier alpha value is 2.21. The number of hydrogen-bond acceptors (Lipinski definition) is 0. The Labute approximate surface area is 364 Å². The summed E-state index contributed by atoms with van der Waals surface area (Å²) in [7, 11) is 0. The van der Waals surface area contributed by atoms with Crippen molar-refractivity contribution in [3.63, 3.8) is 0 Å². The summed E-state index contributed by atoms with van der Waals surface area (Å²) in [4.78, 5) is 0. The zero-order chi connectivity index (χ0) is 37.1. The van der Waals surface area contributed by atoms with Gasteiger partial charge in [0.1, 0.15) is 0 Å². The van der Waals surface area contributed by atoms with E-state index in [1.54, 1.807) is 0 Å². The molecule has 0 nitrogen and oxygen atoms in total. The molecular formula is C47H74Y2-2. The van der Waals surface area contributed by atoms with Crippen LogP contribution in [0.3, 0.4) is 0 Å². The Kier molecular flexibility index (Phi) is 30.5. The minimum atomic E-state index is 0. The fourth-order valence-corrected chi connectivity index (χ4v) is 6.16. The summed E-state index contributed by atoms with van der Waals surface area (Å²) in [5.74, 6) is 29.4. The van der Waals surface area contributed by atoms with Gasteiger partial charge in [-0.3, -0.25) is 0 Å². The van der Waals surface area contributed by atoms with E-state index >= 15 is 0 Å². The first-order chi connectivity index (χ1) is 21.6. The third-order valence-corrected chi connectivity index (χ3v) is 12.2. The summed E-state index contributed by atoms with van der Waals surface area (Å²) in [6.07, 6.45) is 6.03. The van der Waals surface area contributed by atoms with Crippen LogP contribution in [0.25, 0.3) is 0 Å². The van der Waals surface area contributed by atoms with Gasteiger partial charge in [-0.1, -0.05) is 158 Å². The summed E-state index contributed by atoms with van der Waals surface area (Å²) >= 11 is 0. The summed E-state index contributed by atoms with van der Waals surface area (Å²) in [6, 6.07) is 0. The second-order valence-corrected chi connectivity index (χ2v) is 14.3.